The normalized spacial score (nSPS) is 14.8. The minimum Gasteiger partial charge on any atom is -0.475 e. The molecule has 0 spiro atoms. The van der Waals surface area contributed by atoms with E-state index in [0.29, 0.717) is 11.7 Å². The van der Waals surface area contributed by atoms with Gasteiger partial charge in [-0.15, -0.1) is 0 Å². The highest BCUT2D eigenvalue weighted by atomic mass is 19.4. The van der Waals surface area contributed by atoms with Crippen molar-refractivity contribution >= 4 is 11.9 Å². The minimum absolute atomic E-state index is 0.295. The number of ether oxygens (including phenoxy) is 1. The second-order valence-corrected chi connectivity index (χ2v) is 3.77. The second kappa shape index (κ2) is 6.37. The van der Waals surface area contributed by atoms with Gasteiger partial charge in [-0.05, 0) is 6.07 Å². The zero-order valence-electron chi connectivity index (χ0n) is 10.3. The predicted octanol–water partition coefficient (Wildman–Crippen LogP) is 0.447. The molecular weight excluding hydrogens is 283 g/mol. The van der Waals surface area contributed by atoms with Crippen molar-refractivity contribution in [3.05, 3.63) is 18.0 Å². The number of aromatic nitrogens is 2. The van der Waals surface area contributed by atoms with Gasteiger partial charge in [0.2, 0.25) is 0 Å². The highest BCUT2D eigenvalue weighted by molar-refractivity contribution is 5.87. The van der Waals surface area contributed by atoms with Crippen molar-refractivity contribution in [3.63, 3.8) is 0 Å². The average molecular weight is 295 g/mol. The third-order valence-electron chi connectivity index (χ3n) is 2.41. The zero-order chi connectivity index (χ0) is 15.3. The lowest BCUT2D eigenvalue weighted by molar-refractivity contribution is -0.192. The SMILES string of the molecule is COC(=O)c1ccnn1C1CNC1.O=C(O)C(F)(F)F. The highest BCUT2D eigenvalue weighted by Gasteiger charge is 2.38. The molecule has 0 radical (unpaired) electrons. The number of carbonyl (C=O) groups is 2. The molecule has 0 atom stereocenters. The summed E-state index contributed by atoms with van der Waals surface area (Å²) in [6, 6.07) is 1.97. The van der Waals surface area contributed by atoms with Gasteiger partial charge in [0.1, 0.15) is 5.69 Å². The number of rotatable bonds is 2. The molecule has 1 aromatic heterocycles. The van der Waals surface area contributed by atoms with E-state index in [0.717, 1.165) is 13.1 Å². The molecule has 1 aliphatic heterocycles. The zero-order valence-corrected chi connectivity index (χ0v) is 10.3. The first kappa shape index (κ1) is 16.0. The van der Waals surface area contributed by atoms with E-state index in [4.69, 9.17) is 9.90 Å². The number of nitrogens with zero attached hydrogens (tertiary/aromatic N) is 2. The molecule has 0 aliphatic carbocycles. The lowest BCUT2D eigenvalue weighted by atomic mass is 10.2. The van der Waals surface area contributed by atoms with Crippen LogP contribution in [0.15, 0.2) is 12.3 Å². The Morgan fingerprint density at radius 3 is 2.40 bits per heavy atom. The first-order valence-electron chi connectivity index (χ1n) is 5.40. The van der Waals surface area contributed by atoms with Gasteiger partial charge in [0.25, 0.3) is 0 Å². The summed E-state index contributed by atoms with van der Waals surface area (Å²) < 4.78 is 38.1. The van der Waals surface area contributed by atoms with Gasteiger partial charge in [-0.1, -0.05) is 0 Å². The van der Waals surface area contributed by atoms with Gasteiger partial charge in [0, 0.05) is 19.3 Å². The van der Waals surface area contributed by atoms with Crippen molar-refractivity contribution in [3.8, 4) is 0 Å². The van der Waals surface area contributed by atoms with Crippen LogP contribution in [0.4, 0.5) is 13.2 Å². The van der Waals surface area contributed by atoms with Crippen LogP contribution in [-0.2, 0) is 9.53 Å². The number of carboxylic acids is 1. The first-order chi connectivity index (χ1) is 9.27. The van der Waals surface area contributed by atoms with Gasteiger partial charge in [0.15, 0.2) is 0 Å². The number of halogens is 3. The Morgan fingerprint density at radius 1 is 1.50 bits per heavy atom. The Kier molecular flexibility index (Phi) is 5.08. The van der Waals surface area contributed by atoms with E-state index < -0.39 is 12.1 Å². The number of carbonyl (C=O) groups excluding carboxylic acids is 1. The summed E-state index contributed by atoms with van der Waals surface area (Å²) in [6.45, 7) is 1.73. The molecule has 0 amide bonds. The number of alkyl halides is 3. The summed E-state index contributed by atoms with van der Waals surface area (Å²) >= 11 is 0. The van der Waals surface area contributed by atoms with Crippen LogP contribution in [0.2, 0.25) is 0 Å². The number of aliphatic carboxylic acids is 1. The topological polar surface area (TPSA) is 93.5 Å². The summed E-state index contributed by atoms with van der Waals surface area (Å²) in [5.74, 6) is -3.09. The van der Waals surface area contributed by atoms with E-state index >= 15 is 0 Å². The van der Waals surface area contributed by atoms with Gasteiger partial charge < -0.3 is 15.2 Å². The van der Waals surface area contributed by atoms with Gasteiger partial charge in [-0.3, -0.25) is 4.68 Å². The van der Waals surface area contributed by atoms with Crippen LogP contribution >= 0.6 is 0 Å². The maximum atomic E-state index is 11.2. The second-order valence-electron chi connectivity index (χ2n) is 3.77. The lowest BCUT2D eigenvalue weighted by Crippen LogP contribution is -2.44. The summed E-state index contributed by atoms with van der Waals surface area (Å²) in [7, 11) is 1.37. The maximum absolute atomic E-state index is 11.2. The van der Waals surface area contributed by atoms with E-state index in [1.165, 1.54) is 7.11 Å². The number of nitrogens with one attached hydrogen (secondary N) is 1. The molecule has 0 aromatic carbocycles. The molecule has 1 aromatic rings. The van der Waals surface area contributed by atoms with E-state index in [1.54, 1.807) is 16.9 Å². The molecule has 1 saturated heterocycles. The van der Waals surface area contributed by atoms with E-state index in [9.17, 15) is 18.0 Å². The van der Waals surface area contributed by atoms with Gasteiger partial charge in [0.05, 0.1) is 13.2 Å². The molecule has 0 saturated carbocycles. The molecule has 0 bridgehead atoms. The Labute approximate surface area is 111 Å². The average Bonchev–Trinajstić information content (AvgIpc) is 2.74. The fourth-order valence-corrected chi connectivity index (χ4v) is 1.32. The van der Waals surface area contributed by atoms with Crippen molar-refractivity contribution in [2.45, 2.75) is 12.2 Å². The smallest absolute Gasteiger partial charge is 0.475 e. The van der Waals surface area contributed by atoms with E-state index in [1.807, 2.05) is 0 Å². The molecule has 2 N–H and O–H groups in total. The van der Waals surface area contributed by atoms with Crippen LogP contribution in [0.3, 0.4) is 0 Å². The van der Waals surface area contributed by atoms with E-state index in [-0.39, 0.29) is 5.97 Å². The predicted molar refractivity (Wildman–Crippen MR) is 59.2 cm³/mol. The molecule has 0 unspecified atom stereocenters. The maximum Gasteiger partial charge on any atom is 0.490 e. The van der Waals surface area contributed by atoms with Crippen LogP contribution < -0.4 is 5.32 Å². The quantitative estimate of drug-likeness (QED) is 0.769. The third kappa shape index (κ3) is 3.95. The van der Waals surface area contributed by atoms with Crippen LogP contribution in [0, 0.1) is 0 Å². The Balaban J connectivity index is 0.000000246. The molecule has 2 heterocycles. The number of hydrogen-bond donors (Lipinski definition) is 2. The van der Waals surface area contributed by atoms with Crippen LogP contribution in [0.5, 0.6) is 0 Å². The molecule has 2 rings (SSSR count). The van der Waals surface area contributed by atoms with Crippen LogP contribution in [0.25, 0.3) is 0 Å². The fourth-order valence-electron chi connectivity index (χ4n) is 1.32. The Hall–Kier alpha value is -2.10. The van der Waals surface area contributed by atoms with Gasteiger partial charge in [-0.25, -0.2) is 9.59 Å². The monoisotopic (exact) mass is 295 g/mol. The Bertz CT molecular complexity index is 482. The summed E-state index contributed by atoms with van der Waals surface area (Å²) in [6.07, 6.45) is -3.47. The number of hydrogen-bond acceptors (Lipinski definition) is 5. The number of carboxylic acid groups (broad SMARTS) is 1. The fraction of sp³-hybridized carbons (Fsp3) is 0.500. The molecule has 10 heteroatoms. The molecular formula is C10H12F3N3O4. The third-order valence-corrected chi connectivity index (χ3v) is 2.41. The first-order valence-corrected chi connectivity index (χ1v) is 5.40. The molecule has 1 fully saturated rings. The van der Waals surface area contributed by atoms with Crippen molar-refractivity contribution in [2.75, 3.05) is 20.2 Å². The Morgan fingerprint density at radius 2 is 2.05 bits per heavy atom. The van der Waals surface area contributed by atoms with Crippen molar-refractivity contribution in [2.24, 2.45) is 0 Å². The van der Waals surface area contributed by atoms with Crippen LogP contribution in [0.1, 0.15) is 16.5 Å². The largest absolute Gasteiger partial charge is 0.490 e. The summed E-state index contributed by atoms with van der Waals surface area (Å²) in [4.78, 5) is 20.1. The van der Waals surface area contributed by atoms with E-state index in [2.05, 4.69) is 15.2 Å². The number of esters is 1. The van der Waals surface area contributed by atoms with Gasteiger partial charge in [-0.2, -0.15) is 18.3 Å². The molecule has 7 nitrogen and oxygen atoms in total. The minimum atomic E-state index is -5.08. The number of methoxy groups -OCH3 is 1. The van der Waals surface area contributed by atoms with Crippen molar-refractivity contribution in [1.29, 1.82) is 0 Å². The summed E-state index contributed by atoms with van der Waals surface area (Å²) in [5, 5.41) is 14.3. The highest BCUT2D eigenvalue weighted by Crippen LogP contribution is 2.14. The van der Waals surface area contributed by atoms with Crippen molar-refractivity contribution < 1.29 is 32.6 Å². The lowest BCUT2D eigenvalue weighted by Gasteiger charge is -2.28. The molecule has 1 aliphatic rings. The van der Waals surface area contributed by atoms with Gasteiger partial charge >= 0.3 is 18.1 Å². The molecule has 20 heavy (non-hydrogen) atoms. The molecule has 112 valence electrons. The summed E-state index contributed by atoms with van der Waals surface area (Å²) in [5.41, 5.74) is 0.522. The van der Waals surface area contributed by atoms with Crippen molar-refractivity contribution in [1.82, 2.24) is 15.1 Å². The van der Waals surface area contributed by atoms with Crippen LogP contribution in [-0.4, -0.2) is 53.2 Å². The standard InChI is InChI=1S/C8H11N3O2.C2HF3O2/c1-13-8(12)7-2-3-10-11(7)6-4-9-5-6;3-2(4,5)1(6)7/h2-3,6,9H,4-5H2,1H3;(H,6,7).